The van der Waals surface area contributed by atoms with Gasteiger partial charge in [0.05, 0.1) is 10.0 Å². The van der Waals surface area contributed by atoms with Crippen molar-refractivity contribution in [1.29, 1.82) is 0 Å². The topological polar surface area (TPSA) is 69.2 Å². The van der Waals surface area contributed by atoms with Gasteiger partial charge in [0, 0.05) is 24.7 Å². The number of nitrogens with zero attached hydrogens (tertiary/aromatic N) is 1. The molecule has 0 aromatic heterocycles. The highest BCUT2D eigenvalue weighted by atomic mass is 35.5. The molecule has 1 amide bonds. The highest BCUT2D eigenvalue weighted by Crippen LogP contribution is 2.38. The van der Waals surface area contributed by atoms with E-state index in [4.69, 9.17) is 32.8 Å². The summed E-state index contributed by atoms with van der Waals surface area (Å²) in [6.45, 7) is -1.54. The summed E-state index contributed by atoms with van der Waals surface area (Å²) < 4.78 is 47.4. The zero-order valence-corrected chi connectivity index (χ0v) is 17.4. The highest BCUT2D eigenvalue weighted by Gasteiger charge is 2.29. The molecule has 0 radical (unpaired) electrons. The first-order valence-corrected chi connectivity index (χ1v) is 9.14. The van der Waals surface area contributed by atoms with Gasteiger partial charge in [-0.25, -0.2) is 0 Å². The predicted octanol–water partition coefficient (Wildman–Crippen LogP) is 4.61. The summed E-state index contributed by atoms with van der Waals surface area (Å²) in [5.41, 5.74) is 1.12. The van der Waals surface area contributed by atoms with Crippen molar-refractivity contribution in [3.05, 3.63) is 57.6 Å². The second-order valence-corrected chi connectivity index (χ2v) is 6.58. The predicted molar refractivity (Wildman–Crippen MR) is 106 cm³/mol. The van der Waals surface area contributed by atoms with Crippen LogP contribution in [-0.2, 0) is 16.2 Å². The van der Waals surface area contributed by atoms with Crippen LogP contribution in [0.3, 0.4) is 0 Å². The van der Waals surface area contributed by atoms with Crippen LogP contribution in [0.1, 0.15) is 11.1 Å². The molecule has 1 N–H and O–H groups in total. The molecule has 0 fully saturated rings. The minimum absolute atomic E-state index is 0.00862. The van der Waals surface area contributed by atoms with Crippen molar-refractivity contribution in [3.8, 4) is 11.5 Å². The summed E-state index contributed by atoms with van der Waals surface area (Å²) >= 11 is 12.0. The number of ether oxygens (including phenoxy) is 2. The van der Waals surface area contributed by atoms with Crippen molar-refractivity contribution in [2.24, 2.45) is 5.16 Å². The van der Waals surface area contributed by atoms with Crippen molar-refractivity contribution in [1.82, 2.24) is 5.32 Å². The molecule has 2 aromatic carbocycles. The third-order valence-electron chi connectivity index (χ3n) is 3.64. The average Bonchev–Trinajstić information content (AvgIpc) is 2.68. The largest absolute Gasteiger partial charge is 0.489 e. The number of nitrogens with one attached hydrogen (secondary N) is 1. The molecule has 2 aromatic rings. The van der Waals surface area contributed by atoms with E-state index in [-0.39, 0.29) is 33.9 Å². The molecule has 0 aliphatic rings. The lowest BCUT2D eigenvalue weighted by Gasteiger charge is -2.15. The maximum Gasteiger partial charge on any atom is 0.422 e. The Balaban J connectivity index is 2.22. The molecule has 0 bridgehead atoms. The lowest BCUT2D eigenvalue weighted by molar-refractivity contribution is -0.153. The second-order valence-electron chi connectivity index (χ2n) is 5.77. The first kappa shape index (κ1) is 23.6. The number of halogens is 5. The number of hydrogen-bond donors (Lipinski definition) is 1. The minimum Gasteiger partial charge on any atom is -0.489 e. The van der Waals surface area contributed by atoms with Gasteiger partial charge in [-0.3, -0.25) is 4.79 Å². The number of carbonyl (C=O) groups excluding carboxylic acids is 1. The second kappa shape index (κ2) is 10.4. The van der Waals surface area contributed by atoms with Gasteiger partial charge in [-0.05, 0) is 5.56 Å². The number of benzene rings is 2. The molecule has 0 saturated carbocycles. The summed E-state index contributed by atoms with van der Waals surface area (Å²) in [5.74, 6) is -0.552. The van der Waals surface area contributed by atoms with Gasteiger partial charge in [0.15, 0.2) is 18.1 Å². The van der Waals surface area contributed by atoms with Gasteiger partial charge in [0.2, 0.25) is 0 Å². The van der Waals surface area contributed by atoms with Crippen LogP contribution in [0.25, 0.3) is 0 Å². The molecule has 30 heavy (non-hydrogen) atoms. The Morgan fingerprint density at radius 1 is 1.13 bits per heavy atom. The summed E-state index contributed by atoms with van der Waals surface area (Å²) in [5, 5.41) is 5.96. The SMILES string of the molecule is CNC(=O)C(=NOC)c1ccccc1COc1cc(Cl)c(OCC(F)(F)F)c(Cl)c1. The fourth-order valence-electron chi connectivity index (χ4n) is 2.37. The van der Waals surface area contributed by atoms with Gasteiger partial charge < -0.3 is 19.6 Å². The fraction of sp³-hybridized carbons (Fsp3) is 0.263. The monoisotopic (exact) mass is 464 g/mol. The van der Waals surface area contributed by atoms with Crippen LogP contribution in [0.4, 0.5) is 13.2 Å². The third-order valence-corrected chi connectivity index (χ3v) is 4.21. The standard InChI is InChI=1S/C19H17Cl2F3N2O4/c1-25-18(27)16(26-28-2)13-6-4-3-5-11(13)9-29-12-7-14(20)17(15(21)8-12)30-10-19(22,23)24/h3-8H,9-10H2,1-2H3,(H,25,27). The van der Waals surface area contributed by atoms with Crippen LogP contribution in [0.5, 0.6) is 11.5 Å². The first-order valence-electron chi connectivity index (χ1n) is 8.39. The lowest BCUT2D eigenvalue weighted by atomic mass is 10.0. The number of hydrogen-bond acceptors (Lipinski definition) is 5. The fourth-order valence-corrected chi connectivity index (χ4v) is 2.95. The van der Waals surface area contributed by atoms with Crippen LogP contribution in [0.15, 0.2) is 41.6 Å². The molecule has 0 aliphatic heterocycles. The Kier molecular flexibility index (Phi) is 8.19. The summed E-state index contributed by atoms with van der Waals surface area (Å²) in [4.78, 5) is 16.8. The van der Waals surface area contributed by atoms with Crippen molar-refractivity contribution in [3.63, 3.8) is 0 Å². The minimum atomic E-state index is -4.53. The molecule has 0 aliphatic carbocycles. The van der Waals surface area contributed by atoms with E-state index in [1.807, 2.05) is 0 Å². The van der Waals surface area contributed by atoms with Crippen molar-refractivity contribution >= 4 is 34.8 Å². The van der Waals surface area contributed by atoms with Crippen molar-refractivity contribution in [2.45, 2.75) is 12.8 Å². The van der Waals surface area contributed by atoms with Gasteiger partial charge in [-0.1, -0.05) is 52.6 Å². The maximum absolute atomic E-state index is 12.3. The van der Waals surface area contributed by atoms with Crippen LogP contribution in [-0.4, -0.2) is 38.6 Å². The third kappa shape index (κ3) is 6.43. The number of oxime groups is 1. The maximum atomic E-state index is 12.3. The van der Waals surface area contributed by atoms with Gasteiger partial charge in [-0.2, -0.15) is 13.2 Å². The van der Waals surface area contributed by atoms with Crippen LogP contribution >= 0.6 is 23.2 Å². The van der Waals surface area contributed by atoms with E-state index >= 15 is 0 Å². The van der Waals surface area contributed by atoms with Crippen LogP contribution in [0.2, 0.25) is 10.0 Å². The molecule has 162 valence electrons. The van der Waals surface area contributed by atoms with E-state index in [9.17, 15) is 18.0 Å². The summed E-state index contributed by atoms with van der Waals surface area (Å²) in [6, 6.07) is 9.40. The zero-order chi connectivity index (χ0) is 22.3. The summed E-state index contributed by atoms with van der Waals surface area (Å²) in [6.07, 6.45) is -4.53. The highest BCUT2D eigenvalue weighted by molar-refractivity contribution is 6.45. The number of alkyl halides is 3. The van der Waals surface area contributed by atoms with E-state index in [1.165, 1.54) is 26.3 Å². The first-order chi connectivity index (χ1) is 14.2. The quantitative estimate of drug-likeness (QED) is 0.457. The number of rotatable bonds is 8. The van der Waals surface area contributed by atoms with Gasteiger partial charge in [0.25, 0.3) is 5.91 Å². The van der Waals surface area contributed by atoms with Gasteiger partial charge in [-0.15, -0.1) is 0 Å². The van der Waals surface area contributed by atoms with Crippen LogP contribution in [0, 0.1) is 0 Å². The number of carbonyl (C=O) groups is 1. The lowest BCUT2D eigenvalue weighted by Crippen LogP contribution is -2.29. The molecule has 0 atom stereocenters. The zero-order valence-electron chi connectivity index (χ0n) is 15.8. The Bertz CT molecular complexity index is 913. The van der Waals surface area contributed by atoms with Crippen LogP contribution < -0.4 is 14.8 Å². The van der Waals surface area contributed by atoms with E-state index < -0.39 is 18.7 Å². The molecular formula is C19H17Cl2F3N2O4. The van der Waals surface area contributed by atoms with Crippen molar-refractivity contribution in [2.75, 3.05) is 20.8 Å². The molecule has 11 heteroatoms. The van der Waals surface area contributed by atoms with E-state index in [2.05, 4.69) is 15.2 Å². The molecule has 2 rings (SSSR count). The Hall–Kier alpha value is -2.65. The Labute approximate surface area is 180 Å². The van der Waals surface area contributed by atoms with E-state index in [0.29, 0.717) is 11.1 Å². The van der Waals surface area contributed by atoms with Crippen molar-refractivity contribution < 1.29 is 32.3 Å². The normalized spacial score (nSPS) is 11.8. The summed E-state index contributed by atoms with van der Waals surface area (Å²) in [7, 11) is 2.77. The molecule has 0 saturated heterocycles. The number of likely N-dealkylation sites (N-methyl/N-ethyl adjacent to an activating group) is 1. The number of amides is 1. The molecule has 6 nitrogen and oxygen atoms in total. The molecule has 0 unspecified atom stereocenters. The average molecular weight is 465 g/mol. The van der Waals surface area contributed by atoms with E-state index in [0.717, 1.165) is 0 Å². The molecule has 0 spiro atoms. The Morgan fingerprint density at radius 2 is 1.77 bits per heavy atom. The Morgan fingerprint density at radius 3 is 2.33 bits per heavy atom. The van der Waals surface area contributed by atoms with Gasteiger partial charge in [0.1, 0.15) is 19.5 Å². The molecular weight excluding hydrogens is 448 g/mol. The van der Waals surface area contributed by atoms with E-state index in [1.54, 1.807) is 24.3 Å². The van der Waals surface area contributed by atoms with Gasteiger partial charge >= 0.3 is 6.18 Å². The smallest absolute Gasteiger partial charge is 0.422 e. The molecule has 0 heterocycles.